The molecule has 2 atom stereocenters. The molecule has 0 spiro atoms. The van der Waals surface area contributed by atoms with Gasteiger partial charge in [-0.3, -0.25) is 0 Å². The molecule has 0 amide bonds. The van der Waals surface area contributed by atoms with Crippen molar-refractivity contribution in [2.75, 3.05) is 6.61 Å². The highest BCUT2D eigenvalue weighted by Gasteiger charge is 2.17. The standard InChI is InChI=1S/C13H19BrFNO/c1-3-13(17-4-2)12(16)8-9-7-10(15)5-6-11(9)14/h5-7,12-13H,3-4,8,16H2,1-2H3. The molecule has 0 aromatic heterocycles. The van der Waals surface area contributed by atoms with E-state index in [-0.39, 0.29) is 18.0 Å². The molecule has 0 aliphatic heterocycles. The Morgan fingerprint density at radius 1 is 1.41 bits per heavy atom. The third kappa shape index (κ3) is 4.37. The molecule has 96 valence electrons. The Morgan fingerprint density at radius 2 is 2.12 bits per heavy atom. The summed E-state index contributed by atoms with van der Waals surface area (Å²) >= 11 is 3.41. The summed E-state index contributed by atoms with van der Waals surface area (Å²) in [7, 11) is 0. The summed E-state index contributed by atoms with van der Waals surface area (Å²) in [5.41, 5.74) is 6.98. The first-order valence-electron chi connectivity index (χ1n) is 5.89. The molecule has 0 aliphatic carbocycles. The fourth-order valence-electron chi connectivity index (χ4n) is 1.84. The van der Waals surface area contributed by atoms with Crippen LogP contribution in [0.25, 0.3) is 0 Å². The lowest BCUT2D eigenvalue weighted by Gasteiger charge is -2.23. The Labute approximate surface area is 110 Å². The Kier molecular flexibility index (Phi) is 6.09. The molecule has 0 saturated heterocycles. The van der Waals surface area contributed by atoms with Crippen LogP contribution in [0.3, 0.4) is 0 Å². The van der Waals surface area contributed by atoms with E-state index in [0.717, 1.165) is 16.5 Å². The Hall–Kier alpha value is -0.450. The number of nitrogens with two attached hydrogens (primary N) is 1. The molecule has 0 heterocycles. The van der Waals surface area contributed by atoms with Gasteiger partial charge in [0.15, 0.2) is 0 Å². The molecular formula is C13H19BrFNO. The molecule has 0 fully saturated rings. The molecule has 17 heavy (non-hydrogen) atoms. The molecule has 2 N–H and O–H groups in total. The molecule has 0 aliphatic rings. The SMILES string of the molecule is CCOC(CC)C(N)Cc1cc(F)ccc1Br. The van der Waals surface area contributed by atoms with E-state index in [1.807, 2.05) is 13.8 Å². The summed E-state index contributed by atoms with van der Waals surface area (Å²) in [6.07, 6.45) is 1.49. The third-order valence-electron chi connectivity index (χ3n) is 2.72. The lowest BCUT2D eigenvalue weighted by atomic mass is 10.0. The predicted molar refractivity (Wildman–Crippen MR) is 71.5 cm³/mol. The fourth-order valence-corrected chi connectivity index (χ4v) is 2.25. The molecule has 2 nitrogen and oxygen atoms in total. The quantitative estimate of drug-likeness (QED) is 0.875. The maximum absolute atomic E-state index is 13.1. The molecule has 1 aromatic carbocycles. The average molecular weight is 304 g/mol. The van der Waals surface area contributed by atoms with Crippen molar-refractivity contribution in [3.05, 3.63) is 34.1 Å². The molecule has 1 rings (SSSR count). The number of benzene rings is 1. The smallest absolute Gasteiger partial charge is 0.123 e. The van der Waals surface area contributed by atoms with Crippen molar-refractivity contribution in [3.63, 3.8) is 0 Å². The second kappa shape index (κ2) is 7.09. The molecule has 0 bridgehead atoms. The van der Waals surface area contributed by atoms with Crippen molar-refractivity contribution >= 4 is 15.9 Å². The summed E-state index contributed by atoms with van der Waals surface area (Å²) in [5.74, 6) is -0.236. The van der Waals surface area contributed by atoms with Gasteiger partial charge in [-0.1, -0.05) is 22.9 Å². The van der Waals surface area contributed by atoms with Gasteiger partial charge in [0, 0.05) is 17.1 Å². The highest BCUT2D eigenvalue weighted by Crippen LogP contribution is 2.20. The van der Waals surface area contributed by atoms with E-state index >= 15 is 0 Å². The summed E-state index contributed by atoms with van der Waals surface area (Å²) in [4.78, 5) is 0. The van der Waals surface area contributed by atoms with E-state index < -0.39 is 0 Å². The zero-order valence-corrected chi connectivity index (χ0v) is 11.8. The maximum Gasteiger partial charge on any atom is 0.123 e. The van der Waals surface area contributed by atoms with E-state index in [1.165, 1.54) is 12.1 Å². The van der Waals surface area contributed by atoms with Gasteiger partial charge in [-0.25, -0.2) is 4.39 Å². The van der Waals surface area contributed by atoms with Crippen LogP contribution in [0, 0.1) is 5.82 Å². The van der Waals surface area contributed by atoms with Crippen molar-refractivity contribution in [2.45, 2.75) is 38.8 Å². The highest BCUT2D eigenvalue weighted by atomic mass is 79.9. The van der Waals surface area contributed by atoms with Gasteiger partial charge in [-0.15, -0.1) is 0 Å². The van der Waals surface area contributed by atoms with Gasteiger partial charge in [0.2, 0.25) is 0 Å². The molecule has 0 saturated carbocycles. The van der Waals surface area contributed by atoms with Gasteiger partial charge in [0.05, 0.1) is 6.10 Å². The average Bonchev–Trinajstić information content (AvgIpc) is 2.30. The topological polar surface area (TPSA) is 35.2 Å². The van der Waals surface area contributed by atoms with Crippen LogP contribution in [-0.2, 0) is 11.2 Å². The Balaban J connectivity index is 2.72. The fraction of sp³-hybridized carbons (Fsp3) is 0.538. The van der Waals surface area contributed by atoms with E-state index in [1.54, 1.807) is 6.07 Å². The molecule has 4 heteroatoms. The minimum absolute atomic E-state index is 0.0233. The first-order valence-corrected chi connectivity index (χ1v) is 6.68. The van der Waals surface area contributed by atoms with Crippen LogP contribution in [0.4, 0.5) is 4.39 Å². The lowest BCUT2D eigenvalue weighted by Crippen LogP contribution is -2.38. The van der Waals surface area contributed by atoms with Gasteiger partial charge >= 0.3 is 0 Å². The summed E-state index contributed by atoms with van der Waals surface area (Å²) < 4.78 is 19.6. The zero-order chi connectivity index (χ0) is 12.8. The van der Waals surface area contributed by atoms with Crippen molar-refractivity contribution in [2.24, 2.45) is 5.73 Å². The first kappa shape index (κ1) is 14.6. The molecular weight excluding hydrogens is 285 g/mol. The van der Waals surface area contributed by atoms with Crippen molar-refractivity contribution in [3.8, 4) is 0 Å². The number of ether oxygens (including phenoxy) is 1. The predicted octanol–water partition coefficient (Wildman–Crippen LogP) is 3.27. The van der Waals surface area contributed by atoms with Crippen LogP contribution in [-0.4, -0.2) is 18.8 Å². The number of hydrogen-bond acceptors (Lipinski definition) is 2. The van der Waals surface area contributed by atoms with Gasteiger partial charge in [-0.2, -0.15) is 0 Å². The van der Waals surface area contributed by atoms with Crippen molar-refractivity contribution in [1.82, 2.24) is 0 Å². The van der Waals surface area contributed by atoms with Gasteiger partial charge in [0.1, 0.15) is 5.82 Å². The minimum Gasteiger partial charge on any atom is -0.377 e. The van der Waals surface area contributed by atoms with E-state index in [0.29, 0.717) is 13.0 Å². The van der Waals surface area contributed by atoms with Gasteiger partial charge in [-0.05, 0) is 43.5 Å². The number of rotatable bonds is 6. The normalized spacial score (nSPS) is 14.6. The third-order valence-corrected chi connectivity index (χ3v) is 3.50. The Morgan fingerprint density at radius 3 is 2.71 bits per heavy atom. The van der Waals surface area contributed by atoms with E-state index in [2.05, 4.69) is 15.9 Å². The highest BCUT2D eigenvalue weighted by molar-refractivity contribution is 9.10. The largest absolute Gasteiger partial charge is 0.377 e. The van der Waals surface area contributed by atoms with Crippen LogP contribution >= 0.6 is 15.9 Å². The van der Waals surface area contributed by atoms with E-state index in [9.17, 15) is 4.39 Å². The summed E-state index contributed by atoms with van der Waals surface area (Å²) in [6, 6.07) is 4.54. The van der Waals surface area contributed by atoms with Crippen molar-refractivity contribution in [1.29, 1.82) is 0 Å². The number of halogens is 2. The molecule has 2 unspecified atom stereocenters. The number of hydrogen-bond donors (Lipinski definition) is 1. The van der Waals surface area contributed by atoms with Crippen LogP contribution < -0.4 is 5.73 Å². The van der Waals surface area contributed by atoms with Crippen LogP contribution in [0.15, 0.2) is 22.7 Å². The second-order valence-corrected chi connectivity index (χ2v) is 4.86. The van der Waals surface area contributed by atoms with Crippen LogP contribution in [0.1, 0.15) is 25.8 Å². The maximum atomic E-state index is 13.1. The first-order chi connectivity index (χ1) is 8.08. The minimum atomic E-state index is -0.236. The molecule has 0 radical (unpaired) electrons. The summed E-state index contributed by atoms with van der Waals surface area (Å²) in [5, 5.41) is 0. The monoisotopic (exact) mass is 303 g/mol. The lowest BCUT2D eigenvalue weighted by molar-refractivity contribution is 0.0417. The van der Waals surface area contributed by atoms with Crippen molar-refractivity contribution < 1.29 is 9.13 Å². The van der Waals surface area contributed by atoms with Crippen LogP contribution in [0.2, 0.25) is 0 Å². The zero-order valence-electron chi connectivity index (χ0n) is 10.2. The summed E-state index contributed by atoms with van der Waals surface area (Å²) in [6.45, 7) is 4.64. The van der Waals surface area contributed by atoms with Gasteiger partial charge < -0.3 is 10.5 Å². The Bertz CT molecular complexity index is 359. The van der Waals surface area contributed by atoms with E-state index in [4.69, 9.17) is 10.5 Å². The van der Waals surface area contributed by atoms with Gasteiger partial charge in [0.25, 0.3) is 0 Å². The second-order valence-electron chi connectivity index (χ2n) is 4.01. The van der Waals surface area contributed by atoms with Crippen LogP contribution in [0.5, 0.6) is 0 Å². The molecule has 1 aromatic rings.